The topological polar surface area (TPSA) is 22.2 Å². The highest BCUT2D eigenvalue weighted by molar-refractivity contribution is 5.87. The fourth-order valence-corrected chi connectivity index (χ4v) is 5.21. The van der Waals surface area contributed by atoms with Crippen LogP contribution < -0.4 is 24.3 Å². The Hall–Kier alpha value is -5.16. The number of hydrogen-bond acceptors (Lipinski definition) is 5. The van der Waals surface area contributed by atoms with E-state index in [4.69, 9.17) is 4.74 Å². The van der Waals surface area contributed by atoms with Gasteiger partial charge in [0.2, 0.25) is 0 Å². The Kier molecular flexibility index (Phi) is 5.87. The third-order valence-electron chi connectivity index (χ3n) is 7.15. The summed E-state index contributed by atoms with van der Waals surface area (Å²) in [6.45, 7) is 1.50. The van der Waals surface area contributed by atoms with Crippen molar-refractivity contribution in [2.45, 2.75) is 0 Å². The lowest BCUT2D eigenvalue weighted by molar-refractivity contribution is 0.483. The average Bonchev–Trinajstić information content (AvgIpc) is 3.65. The van der Waals surface area contributed by atoms with Crippen molar-refractivity contribution in [3.63, 3.8) is 0 Å². The first kappa shape index (κ1) is 23.0. The van der Waals surface area contributed by atoms with Crippen LogP contribution in [0.2, 0.25) is 0 Å². The largest absolute Gasteiger partial charge is 0.457 e. The van der Waals surface area contributed by atoms with Gasteiger partial charge >= 0.3 is 0 Å². The first-order valence-corrected chi connectivity index (χ1v) is 13.2. The summed E-state index contributed by atoms with van der Waals surface area (Å²) in [6.07, 6.45) is 4.22. The van der Waals surface area contributed by atoms with E-state index in [0.717, 1.165) is 36.2 Å². The molecule has 7 rings (SSSR count). The maximum Gasteiger partial charge on any atom is 0.129 e. The molecule has 5 aromatic carbocycles. The second-order valence-electron chi connectivity index (χ2n) is 9.63. The average molecular weight is 509 g/mol. The van der Waals surface area contributed by atoms with Crippen molar-refractivity contribution in [2.75, 3.05) is 32.9 Å². The number of para-hydroxylation sites is 4. The summed E-state index contributed by atoms with van der Waals surface area (Å²) in [5.74, 6) is 1.62. The van der Waals surface area contributed by atoms with E-state index < -0.39 is 0 Å². The number of rotatable bonds is 6. The second kappa shape index (κ2) is 9.95. The minimum atomic E-state index is 0.738. The first-order valence-electron chi connectivity index (χ1n) is 13.2. The molecule has 5 heteroatoms. The molecule has 5 nitrogen and oxygen atoms in total. The zero-order chi connectivity index (χ0) is 26.0. The lowest BCUT2D eigenvalue weighted by Gasteiger charge is -2.23. The van der Waals surface area contributed by atoms with Gasteiger partial charge < -0.3 is 24.3 Å². The van der Waals surface area contributed by atoms with Crippen LogP contribution in [0, 0.1) is 0 Å². The molecule has 0 atom stereocenters. The Labute approximate surface area is 229 Å². The Morgan fingerprint density at radius 3 is 1.56 bits per heavy atom. The summed E-state index contributed by atoms with van der Waals surface area (Å²) in [5.41, 5.74) is 6.92. The lowest BCUT2D eigenvalue weighted by atomic mass is 10.2. The van der Waals surface area contributed by atoms with E-state index >= 15 is 0 Å². The third kappa shape index (κ3) is 4.55. The molecule has 0 bridgehead atoms. The van der Waals surface area contributed by atoms with E-state index in [0.29, 0.717) is 0 Å². The van der Waals surface area contributed by atoms with E-state index in [1.807, 2.05) is 24.3 Å². The van der Waals surface area contributed by atoms with Crippen LogP contribution in [0.5, 0.6) is 11.5 Å². The number of ether oxygens (including phenoxy) is 1. The van der Waals surface area contributed by atoms with Gasteiger partial charge in [0.05, 0.1) is 18.0 Å². The maximum atomic E-state index is 6.39. The summed E-state index contributed by atoms with van der Waals surface area (Å²) < 4.78 is 6.39. The second-order valence-corrected chi connectivity index (χ2v) is 9.63. The van der Waals surface area contributed by atoms with Gasteiger partial charge in [0.25, 0.3) is 0 Å². The van der Waals surface area contributed by atoms with Gasteiger partial charge in [0, 0.05) is 47.3 Å². The summed E-state index contributed by atoms with van der Waals surface area (Å²) in [7, 11) is 0. The molecule has 0 radical (unpaired) electrons. The normalized spacial score (nSPS) is 14.2. The van der Waals surface area contributed by atoms with Gasteiger partial charge in [0.15, 0.2) is 0 Å². The Bertz CT molecular complexity index is 1620. The standard InChI is InChI=1S/C34H28N4O/c1-3-11-27(12-4-1)35-21-22-36(25-35)29-15-9-17-31(23-29)39-32-18-10-16-30(24-32)38-26-37(28-13-5-2-6-14-28)33-19-7-8-20-34(33)38/h1-24H,25-26H2. The predicted octanol–water partition coefficient (Wildman–Crippen LogP) is 8.48. The molecule has 5 aromatic rings. The SMILES string of the molecule is C1=CN(c2cccc(Oc3cccc(N4CN(c5ccccc5)c5ccccc54)c3)c2)CN1c1ccccc1. The molecule has 0 saturated heterocycles. The van der Waals surface area contributed by atoms with Gasteiger partial charge in [-0.2, -0.15) is 0 Å². The minimum Gasteiger partial charge on any atom is -0.457 e. The highest BCUT2D eigenvalue weighted by Crippen LogP contribution is 2.44. The van der Waals surface area contributed by atoms with Gasteiger partial charge in [-0.15, -0.1) is 0 Å². The van der Waals surface area contributed by atoms with Gasteiger partial charge in [-0.1, -0.05) is 60.7 Å². The zero-order valence-corrected chi connectivity index (χ0v) is 21.5. The van der Waals surface area contributed by atoms with E-state index in [1.165, 1.54) is 22.7 Å². The van der Waals surface area contributed by atoms with Crippen LogP contribution >= 0.6 is 0 Å². The summed E-state index contributed by atoms with van der Waals surface area (Å²) in [5, 5.41) is 0. The molecule has 0 aliphatic carbocycles. The van der Waals surface area contributed by atoms with Crippen LogP contribution in [-0.2, 0) is 0 Å². The molecule has 0 aromatic heterocycles. The van der Waals surface area contributed by atoms with Gasteiger partial charge in [0.1, 0.15) is 18.2 Å². The van der Waals surface area contributed by atoms with Crippen molar-refractivity contribution in [1.29, 1.82) is 0 Å². The van der Waals surface area contributed by atoms with E-state index in [2.05, 4.69) is 141 Å². The molecule has 2 aliphatic rings. The maximum absolute atomic E-state index is 6.39. The van der Waals surface area contributed by atoms with Crippen molar-refractivity contribution in [3.8, 4) is 11.5 Å². The van der Waals surface area contributed by atoms with Gasteiger partial charge in [-0.05, 0) is 60.7 Å². The monoisotopic (exact) mass is 508 g/mol. The highest BCUT2D eigenvalue weighted by Gasteiger charge is 2.27. The third-order valence-corrected chi connectivity index (χ3v) is 7.15. The van der Waals surface area contributed by atoms with Crippen LogP contribution in [0.15, 0.2) is 146 Å². The molecule has 0 fully saturated rings. The number of hydrogen-bond donors (Lipinski definition) is 0. The fraction of sp³-hybridized carbons (Fsp3) is 0.0588. The van der Waals surface area contributed by atoms with E-state index in [1.54, 1.807) is 0 Å². The van der Waals surface area contributed by atoms with E-state index in [-0.39, 0.29) is 0 Å². The van der Waals surface area contributed by atoms with Crippen LogP contribution in [0.3, 0.4) is 0 Å². The van der Waals surface area contributed by atoms with E-state index in [9.17, 15) is 0 Å². The zero-order valence-electron chi connectivity index (χ0n) is 21.5. The van der Waals surface area contributed by atoms with Crippen molar-refractivity contribution < 1.29 is 4.74 Å². The molecular formula is C34H28N4O. The molecule has 2 aliphatic heterocycles. The quantitative estimate of drug-likeness (QED) is 0.229. The summed E-state index contributed by atoms with van der Waals surface area (Å²) in [6, 6.07) is 46.1. The molecule has 0 amide bonds. The molecular weight excluding hydrogens is 480 g/mol. The molecule has 39 heavy (non-hydrogen) atoms. The van der Waals surface area contributed by atoms with Crippen LogP contribution in [0.1, 0.15) is 0 Å². The molecule has 2 heterocycles. The highest BCUT2D eigenvalue weighted by atomic mass is 16.5. The van der Waals surface area contributed by atoms with Crippen LogP contribution in [0.25, 0.3) is 0 Å². The van der Waals surface area contributed by atoms with Crippen molar-refractivity contribution in [3.05, 3.63) is 146 Å². The number of anilines is 6. The number of benzene rings is 5. The summed E-state index contributed by atoms with van der Waals surface area (Å²) >= 11 is 0. The fourth-order valence-electron chi connectivity index (χ4n) is 5.21. The van der Waals surface area contributed by atoms with Crippen LogP contribution in [0.4, 0.5) is 34.1 Å². The van der Waals surface area contributed by atoms with Gasteiger partial charge in [-0.3, -0.25) is 0 Å². The number of fused-ring (bicyclic) bond motifs is 1. The molecule has 0 spiro atoms. The van der Waals surface area contributed by atoms with Crippen molar-refractivity contribution in [2.24, 2.45) is 0 Å². The smallest absolute Gasteiger partial charge is 0.129 e. The Balaban J connectivity index is 1.10. The Morgan fingerprint density at radius 2 is 0.897 bits per heavy atom. The Morgan fingerprint density at radius 1 is 0.410 bits per heavy atom. The van der Waals surface area contributed by atoms with Crippen molar-refractivity contribution in [1.82, 2.24) is 0 Å². The van der Waals surface area contributed by atoms with Crippen molar-refractivity contribution >= 4 is 34.1 Å². The number of nitrogens with zero attached hydrogens (tertiary/aromatic N) is 4. The summed E-state index contributed by atoms with van der Waals surface area (Å²) in [4.78, 5) is 9.12. The van der Waals surface area contributed by atoms with Crippen LogP contribution in [-0.4, -0.2) is 13.3 Å². The first-order chi connectivity index (χ1) is 19.3. The molecule has 0 unspecified atom stereocenters. The molecule has 0 saturated carbocycles. The lowest BCUT2D eigenvalue weighted by Crippen LogP contribution is -2.24. The van der Waals surface area contributed by atoms with Gasteiger partial charge in [-0.25, -0.2) is 0 Å². The predicted molar refractivity (Wildman–Crippen MR) is 160 cm³/mol. The minimum absolute atomic E-state index is 0.738. The molecule has 0 N–H and O–H groups in total. The molecule has 190 valence electrons.